The highest BCUT2D eigenvalue weighted by Crippen LogP contribution is 2.23. The Bertz CT molecular complexity index is 746. The molecule has 0 saturated carbocycles. The zero-order valence-corrected chi connectivity index (χ0v) is 11.3. The summed E-state index contributed by atoms with van der Waals surface area (Å²) in [6.45, 7) is 1.95. The summed E-state index contributed by atoms with van der Waals surface area (Å²) in [5, 5.41) is 0. The number of nitrogens with zero attached hydrogens (tertiary/aromatic N) is 2. The maximum absolute atomic E-state index is 13.4. The fraction of sp³-hybridized carbons (Fsp3) is 0.188. The number of aromatic nitrogens is 2. The third kappa shape index (κ3) is 2.30. The van der Waals surface area contributed by atoms with Crippen molar-refractivity contribution in [3.05, 3.63) is 60.2 Å². The van der Waals surface area contributed by atoms with Crippen LogP contribution in [-0.2, 0) is 6.42 Å². The summed E-state index contributed by atoms with van der Waals surface area (Å²) in [4.78, 5) is 4.66. The van der Waals surface area contributed by atoms with Gasteiger partial charge in [0.1, 0.15) is 11.6 Å². The lowest BCUT2D eigenvalue weighted by Crippen LogP contribution is -2.18. The van der Waals surface area contributed by atoms with Crippen molar-refractivity contribution < 1.29 is 4.39 Å². The molecule has 1 aromatic carbocycles. The molecule has 0 amide bonds. The van der Waals surface area contributed by atoms with Crippen molar-refractivity contribution in [3.8, 4) is 11.4 Å². The van der Waals surface area contributed by atoms with E-state index in [-0.39, 0.29) is 11.9 Å². The van der Waals surface area contributed by atoms with Gasteiger partial charge in [0.25, 0.3) is 0 Å². The second-order valence-electron chi connectivity index (χ2n) is 5.03. The van der Waals surface area contributed by atoms with Crippen molar-refractivity contribution in [1.29, 1.82) is 0 Å². The standard InChI is InChI=1S/C16H16FN3/c1-11(18)9-14-15-7-2-3-8-20(15)16(19-14)12-5-4-6-13(17)10-12/h2-8,10-11H,9,18H2,1H3. The van der Waals surface area contributed by atoms with Crippen LogP contribution in [0.2, 0.25) is 0 Å². The van der Waals surface area contributed by atoms with Crippen molar-refractivity contribution in [2.24, 2.45) is 5.73 Å². The van der Waals surface area contributed by atoms with Gasteiger partial charge < -0.3 is 5.73 Å². The zero-order chi connectivity index (χ0) is 14.1. The largest absolute Gasteiger partial charge is 0.328 e. The van der Waals surface area contributed by atoms with E-state index in [0.29, 0.717) is 6.42 Å². The Morgan fingerprint density at radius 2 is 2.10 bits per heavy atom. The number of rotatable bonds is 3. The summed E-state index contributed by atoms with van der Waals surface area (Å²) in [6.07, 6.45) is 2.64. The van der Waals surface area contributed by atoms with Crippen LogP contribution in [0.15, 0.2) is 48.7 Å². The summed E-state index contributed by atoms with van der Waals surface area (Å²) in [5.74, 6) is 0.486. The fourth-order valence-electron chi connectivity index (χ4n) is 2.39. The van der Waals surface area contributed by atoms with Gasteiger partial charge in [0, 0.05) is 24.2 Å². The van der Waals surface area contributed by atoms with Gasteiger partial charge in [-0.2, -0.15) is 0 Å². The van der Waals surface area contributed by atoms with Crippen LogP contribution < -0.4 is 5.73 Å². The summed E-state index contributed by atoms with van der Waals surface area (Å²) in [6, 6.07) is 12.4. The number of nitrogens with two attached hydrogens (primary N) is 1. The van der Waals surface area contributed by atoms with E-state index in [0.717, 1.165) is 22.6 Å². The Kier molecular flexibility index (Phi) is 3.24. The SMILES string of the molecule is CC(N)Cc1nc(-c2cccc(F)c2)n2ccccc12. The van der Waals surface area contributed by atoms with Crippen LogP contribution in [0, 0.1) is 5.82 Å². The molecule has 2 aromatic heterocycles. The number of imidazole rings is 1. The molecule has 0 radical (unpaired) electrons. The summed E-state index contributed by atoms with van der Waals surface area (Å²) < 4.78 is 15.4. The van der Waals surface area contributed by atoms with Crippen LogP contribution >= 0.6 is 0 Å². The number of benzene rings is 1. The third-order valence-corrected chi connectivity index (χ3v) is 3.22. The molecule has 4 heteroatoms. The number of hydrogen-bond donors (Lipinski definition) is 1. The molecule has 2 N–H and O–H groups in total. The Morgan fingerprint density at radius 1 is 1.25 bits per heavy atom. The Balaban J connectivity index is 2.21. The quantitative estimate of drug-likeness (QED) is 0.794. The third-order valence-electron chi connectivity index (χ3n) is 3.22. The van der Waals surface area contributed by atoms with E-state index in [1.807, 2.05) is 41.8 Å². The zero-order valence-electron chi connectivity index (χ0n) is 11.3. The van der Waals surface area contributed by atoms with E-state index < -0.39 is 0 Å². The molecular weight excluding hydrogens is 253 g/mol. The molecule has 3 aromatic rings. The van der Waals surface area contributed by atoms with Gasteiger partial charge in [0.05, 0.1) is 11.2 Å². The van der Waals surface area contributed by atoms with Crippen molar-refractivity contribution in [2.45, 2.75) is 19.4 Å². The molecule has 20 heavy (non-hydrogen) atoms. The van der Waals surface area contributed by atoms with E-state index in [1.54, 1.807) is 6.07 Å². The molecule has 0 aliphatic carbocycles. The molecule has 102 valence electrons. The van der Waals surface area contributed by atoms with E-state index in [4.69, 9.17) is 5.73 Å². The maximum atomic E-state index is 13.4. The molecule has 3 nitrogen and oxygen atoms in total. The van der Waals surface area contributed by atoms with Crippen LogP contribution in [0.3, 0.4) is 0 Å². The number of fused-ring (bicyclic) bond motifs is 1. The summed E-state index contributed by atoms with van der Waals surface area (Å²) in [5.41, 5.74) is 8.61. The normalized spacial score (nSPS) is 12.8. The number of halogens is 1. The molecule has 0 bridgehead atoms. The lowest BCUT2D eigenvalue weighted by atomic mass is 10.2. The van der Waals surface area contributed by atoms with Crippen molar-refractivity contribution in [2.75, 3.05) is 0 Å². The first-order valence-corrected chi connectivity index (χ1v) is 6.62. The minimum Gasteiger partial charge on any atom is -0.328 e. The Labute approximate surface area is 116 Å². The van der Waals surface area contributed by atoms with Crippen LogP contribution in [0.4, 0.5) is 4.39 Å². The molecule has 0 aliphatic heterocycles. The Hall–Kier alpha value is -2.20. The van der Waals surface area contributed by atoms with E-state index in [1.165, 1.54) is 12.1 Å². The molecule has 0 spiro atoms. The molecular formula is C16H16FN3. The van der Waals surface area contributed by atoms with Crippen LogP contribution in [-0.4, -0.2) is 15.4 Å². The molecule has 3 rings (SSSR count). The van der Waals surface area contributed by atoms with Gasteiger partial charge in [-0.15, -0.1) is 0 Å². The fourth-order valence-corrected chi connectivity index (χ4v) is 2.39. The van der Waals surface area contributed by atoms with Crippen LogP contribution in [0.25, 0.3) is 16.9 Å². The van der Waals surface area contributed by atoms with Crippen LogP contribution in [0.1, 0.15) is 12.6 Å². The topological polar surface area (TPSA) is 43.3 Å². The first kappa shape index (κ1) is 12.8. The average Bonchev–Trinajstić information content (AvgIpc) is 2.77. The van der Waals surface area contributed by atoms with Gasteiger partial charge in [0.2, 0.25) is 0 Å². The highest BCUT2D eigenvalue weighted by atomic mass is 19.1. The first-order valence-electron chi connectivity index (χ1n) is 6.62. The van der Waals surface area contributed by atoms with Gasteiger partial charge in [-0.05, 0) is 31.2 Å². The average molecular weight is 269 g/mol. The molecule has 2 heterocycles. The van der Waals surface area contributed by atoms with Gasteiger partial charge in [-0.3, -0.25) is 4.40 Å². The minimum atomic E-state index is -0.260. The van der Waals surface area contributed by atoms with E-state index in [2.05, 4.69) is 4.98 Å². The maximum Gasteiger partial charge on any atom is 0.144 e. The molecule has 0 saturated heterocycles. The lowest BCUT2D eigenvalue weighted by molar-refractivity contribution is 0.628. The van der Waals surface area contributed by atoms with Gasteiger partial charge in [-0.25, -0.2) is 9.37 Å². The predicted octanol–water partition coefficient (Wildman–Crippen LogP) is 3.03. The lowest BCUT2D eigenvalue weighted by Gasteiger charge is -2.01. The van der Waals surface area contributed by atoms with Gasteiger partial charge in [-0.1, -0.05) is 18.2 Å². The Morgan fingerprint density at radius 3 is 2.85 bits per heavy atom. The molecule has 0 aliphatic rings. The van der Waals surface area contributed by atoms with E-state index in [9.17, 15) is 4.39 Å². The molecule has 0 fully saturated rings. The summed E-state index contributed by atoms with van der Waals surface area (Å²) >= 11 is 0. The van der Waals surface area contributed by atoms with Crippen LogP contribution in [0.5, 0.6) is 0 Å². The van der Waals surface area contributed by atoms with Crippen molar-refractivity contribution in [1.82, 2.24) is 9.38 Å². The van der Waals surface area contributed by atoms with E-state index >= 15 is 0 Å². The number of hydrogen-bond acceptors (Lipinski definition) is 2. The van der Waals surface area contributed by atoms with Crippen molar-refractivity contribution >= 4 is 5.52 Å². The van der Waals surface area contributed by atoms with Gasteiger partial charge in [0.15, 0.2) is 0 Å². The minimum absolute atomic E-state index is 0.0364. The summed E-state index contributed by atoms with van der Waals surface area (Å²) in [7, 11) is 0. The highest BCUT2D eigenvalue weighted by Gasteiger charge is 2.13. The smallest absolute Gasteiger partial charge is 0.144 e. The number of pyridine rings is 1. The second kappa shape index (κ2) is 5.06. The molecule has 1 atom stereocenters. The monoisotopic (exact) mass is 269 g/mol. The molecule has 1 unspecified atom stereocenters. The first-order chi connectivity index (χ1) is 9.65. The highest BCUT2D eigenvalue weighted by molar-refractivity contribution is 5.65. The van der Waals surface area contributed by atoms with Gasteiger partial charge >= 0.3 is 0 Å². The van der Waals surface area contributed by atoms with Crippen molar-refractivity contribution in [3.63, 3.8) is 0 Å². The second-order valence-corrected chi connectivity index (χ2v) is 5.03. The predicted molar refractivity (Wildman–Crippen MR) is 77.9 cm³/mol.